The van der Waals surface area contributed by atoms with E-state index in [1.54, 1.807) is 0 Å². The summed E-state index contributed by atoms with van der Waals surface area (Å²) in [7, 11) is 0. The lowest BCUT2D eigenvalue weighted by molar-refractivity contribution is -0.119. The van der Waals surface area contributed by atoms with Gasteiger partial charge in [0.25, 0.3) is 0 Å². The van der Waals surface area contributed by atoms with Crippen LogP contribution < -0.4 is 17.2 Å². The van der Waals surface area contributed by atoms with Crippen molar-refractivity contribution in [2.24, 2.45) is 17.2 Å². The van der Waals surface area contributed by atoms with Crippen LogP contribution in [0.15, 0.2) is 0 Å². The van der Waals surface area contributed by atoms with Gasteiger partial charge in [-0.25, -0.2) is 0 Å². The molecule has 0 aromatic carbocycles. The van der Waals surface area contributed by atoms with E-state index in [0.717, 1.165) is 0 Å². The van der Waals surface area contributed by atoms with Crippen molar-refractivity contribution in [3.63, 3.8) is 0 Å². The third-order valence-corrected chi connectivity index (χ3v) is 2.75. The number of primary amides is 2. The van der Waals surface area contributed by atoms with Crippen LogP contribution in [0.2, 0.25) is 0 Å². The quantitative estimate of drug-likeness (QED) is 0.306. The van der Waals surface area contributed by atoms with Gasteiger partial charge in [-0.2, -0.15) is 0 Å². The largest absolute Gasteiger partial charge is 0.379 e. The fourth-order valence-corrected chi connectivity index (χ4v) is 1.51. The maximum absolute atomic E-state index is 10.9. The van der Waals surface area contributed by atoms with E-state index in [9.17, 15) is 14.4 Å². The number of nitrogens with two attached hydrogens (primary N) is 3. The summed E-state index contributed by atoms with van der Waals surface area (Å²) in [5, 5.41) is 0. The van der Waals surface area contributed by atoms with Crippen molar-refractivity contribution in [1.82, 2.24) is 0 Å². The zero-order chi connectivity index (χ0) is 17.7. The van der Waals surface area contributed by atoms with Gasteiger partial charge in [0, 0.05) is 19.3 Å². The summed E-state index contributed by atoms with van der Waals surface area (Å²) < 4.78 is 16.0. The highest BCUT2D eigenvalue weighted by Crippen LogP contribution is 2.06. The number of rotatable bonds is 15. The van der Waals surface area contributed by atoms with Crippen molar-refractivity contribution >= 4 is 17.6 Å². The highest BCUT2D eigenvalue weighted by atomic mass is 16.5. The van der Waals surface area contributed by atoms with Gasteiger partial charge in [0.1, 0.15) is 5.78 Å². The summed E-state index contributed by atoms with van der Waals surface area (Å²) in [5.74, 6) is -0.922. The zero-order valence-corrected chi connectivity index (χ0v) is 13.5. The second kappa shape index (κ2) is 11.9. The van der Waals surface area contributed by atoms with Crippen molar-refractivity contribution < 1.29 is 28.6 Å². The average molecular weight is 333 g/mol. The van der Waals surface area contributed by atoms with Crippen LogP contribution in [0.3, 0.4) is 0 Å². The minimum Gasteiger partial charge on any atom is -0.379 e. The van der Waals surface area contributed by atoms with E-state index in [2.05, 4.69) is 0 Å². The molecule has 0 aromatic heterocycles. The van der Waals surface area contributed by atoms with Crippen LogP contribution in [-0.2, 0) is 28.6 Å². The molecule has 0 fully saturated rings. The highest BCUT2D eigenvalue weighted by molar-refractivity contribution is 5.75. The molecule has 0 aliphatic heterocycles. The molecule has 134 valence electrons. The van der Waals surface area contributed by atoms with Gasteiger partial charge < -0.3 is 31.4 Å². The lowest BCUT2D eigenvalue weighted by Gasteiger charge is -2.28. The SMILES string of the molecule is CC(=O)CCOCC(N)(COCCC(N)=O)COCCC(N)=O. The summed E-state index contributed by atoms with van der Waals surface area (Å²) >= 11 is 0. The molecule has 0 saturated carbocycles. The van der Waals surface area contributed by atoms with Crippen molar-refractivity contribution in [1.29, 1.82) is 0 Å². The maximum Gasteiger partial charge on any atom is 0.219 e. The topological polar surface area (TPSA) is 157 Å². The minimum absolute atomic E-state index is 0.0167. The van der Waals surface area contributed by atoms with Gasteiger partial charge in [-0.15, -0.1) is 0 Å². The number of carbonyl (C=O) groups is 3. The summed E-state index contributed by atoms with van der Waals surface area (Å²) in [6.07, 6.45) is 0.467. The molecule has 9 nitrogen and oxygen atoms in total. The Morgan fingerprint density at radius 1 is 0.783 bits per heavy atom. The Morgan fingerprint density at radius 2 is 1.13 bits per heavy atom. The maximum atomic E-state index is 10.9. The smallest absolute Gasteiger partial charge is 0.219 e. The molecular formula is C14H27N3O6. The van der Waals surface area contributed by atoms with Crippen LogP contribution in [0.25, 0.3) is 0 Å². The second-order valence-corrected chi connectivity index (χ2v) is 5.40. The third kappa shape index (κ3) is 13.8. The Kier molecular flexibility index (Phi) is 11.1. The molecule has 0 atom stereocenters. The van der Waals surface area contributed by atoms with Crippen molar-refractivity contribution in [2.45, 2.75) is 31.7 Å². The van der Waals surface area contributed by atoms with Crippen LogP contribution in [0, 0.1) is 0 Å². The normalized spacial score (nSPS) is 11.4. The Balaban J connectivity index is 4.23. The Hall–Kier alpha value is -1.55. The lowest BCUT2D eigenvalue weighted by Crippen LogP contribution is -2.53. The second-order valence-electron chi connectivity index (χ2n) is 5.40. The van der Waals surface area contributed by atoms with Crippen molar-refractivity contribution in [3.8, 4) is 0 Å². The Labute approximate surface area is 135 Å². The first-order chi connectivity index (χ1) is 10.7. The van der Waals surface area contributed by atoms with Gasteiger partial charge in [-0.05, 0) is 6.92 Å². The van der Waals surface area contributed by atoms with Crippen LogP contribution in [0.4, 0.5) is 0 Å². The zero-order valence-electron chi connectivity index (χ0n) is 13.5. The average Bonchev–Trinajstić information content (AvgIpc) is 2.44. The predicted molar refractivity (Wildman–Crippen MR) is 82.3 cm³/mol. The number of ketones is 1. The van der Waals surface area contributed by atoms with Gasteiger partial charge in [0.05, 0.1) is 45.2 Å². The Bertz CT molecular complexity index is 334. The molecule has 0 aliphatic rings. The van der Waals surface area contributed by atoms with Crippen molar-refractivity contribution in [2.75, 3.05) is 39.6 Å². The molecule has 6 N–H and O–H groups in total. The number of Topliss-reactive ketones (excluding diaryl/α,β-unsaturated/α-hetero) is 1. The number of hydrogen-bond acceptors (Lipinski definition) is 7. The molecule has 0 saturated heterocycles. The lowest BCUT2D eigenvalue weighted by atomic mass is 10.1. The van der Waals surface area contributed by atoms with Crippen LogP contribution in [0.1, 0.15) is 26.2 Å². The summed E-state index contributed by atoms with van der Waals surface area (Å²) in [6, 6.07) is 0. The van der Waals surface area contributed by atoms with Gasteiger partial charge in [0.2, 0.25) is 11.8 Å². The summed E-state index contributed by atoms with van der Waals surface area (Å²) in [5.41, 5.74) is 15.2. The minimum atomic E-state index is -0.966. The molecule has 0 unspecified atom stereocenters. The van der Waals surface area contributed by atoms with Crippen molar-refractivity contribution in [3.05, 3.63) is 0 Å². The molecule has 0 aliphatic carbocycles. The van der Waals surface area contributed by atoms with Gasteiger partial charge in [0.15, 0.2) is 0 Å². The fraction of sp³-hybridized carbons (Fsp3) is 0.786. The molecule has 0 aromatic rings. The van der Waals surface area contributed by atoms with Gasteiger partial charge >= 0.3 is 0 Å². The van der Waals surface area contributed by atoms with E-state index in [1.807, 2.05) is 0 Å². The van der Waals surface area contributed by atoms with Crippen LogP contribution in [-0.4, -0.2) is 62.8 Å². The number of hydrogen-bond donors (Lipinski definition) is 3. The molecule has 9 heteroatoms. The standard InChI is InChI=1S/C14H27N3O6/c1-11(18)2-5-21-8-14(17,9-22-6-3-12(15)19)10-23-7-4-13(16)20/h2-10,17H2,1H3,(H2,15,19)(H2,16,20). The summed E-state index contributed by atoms with van der Waals surface area (Å²) in [4.78, 5) is 32.2. The van der Waals surface area contributed by atoms with Crippen LogP contribution in [0.5, 0.6) is 0 Å². The van der Waals surface area contributed by atoms with E-state index < -0.39 is 17.4 Å². The molecular weight excluding hydrogens is 306 g/mol. The molecule has 0 spiro atoms. The molecule has 0 heterocycles. The van der Waals surface area contributed by atoms with E-state index in [4.69, 9.17) is 31.4 Å². The number of ether oxygens (including phenoxy) is 3. The van der Waals surface area contributed by atoms with E-state index >= 15 is 0 Å². The highest BCUT2D eigenvalue weighted by Gasteiger charge is 2.26. The fourth-order valence-electron chi connectivity index (χ4n) is 1.51. The summed E-state index contributed by atoms with van der Waals surface area (Å²) in [6.45, 7) is 2.27. The first-order valence-corrected chi connectivity index (χ1v) is 7.33. The third-order valence-electron chi connectivity index (χ3n) is 2.75. The first-order valence-electron chi connectivity index (χ1n) is 7.33. The van der Waals surface area contributed by atoms with Crippen LogP contribution >= 0.6 is 0 Å². The van der Waals surface area contributed by atoms with E-state index in [-0.39, 0.29) is 58.3 Å². The molecule has 0 bridgehead atoms. The molecule has 2 amide bonds. The molecule has 0 rings (SSSR count). The van der Waals surface area contributed by atoms with E-state index in [1.165, 1.54) is 6.92 Å². The first kappa shape index (κ1) is 21.4. The number of amides is 2. The Morgan fingerprint density at radius 3 is 1.43 bits per heavy atom. The van der Waals surface area contributed by atoms with E-state index in [0.29, 0.717) is 6.42 Å². The number of carbonyl (C=O) groups excluding carboxylic acids is 3. The molecule has 23 heavy (non-hydrogen) atoms. The monoisotopic (exact) mass is 333 g/mol. The predicted octanol–water partition coefficient (Wildman–Crippen LogP) is -1.54. The van der Waals surface area contributed by atoms with Gasteiger partial charge in [-0.3, -0.25) is 14.4 Å². The molecule has 0 radical (unpaired) electrons. The van der Waals surface area contributed by atoms with Gasteiger partial charge in [-0.1, -0.05) is 0 Å².